The summed E-state index contributed by atoms with van der Waals surface area (Å²) in [4.78, 5) is 25.1. The molecule has 8 nitrogen and oxygen atoms in total. The molecule has 134 valence electrons. The van der Waals surface area contributed by atoms with Gasteiger partial charge in [0, 0.05) is 32.4 Å². The van der Waals surface area contributed by atoms with Crippen LogP contribution >= 0.6 is 0 Å². The zero-order valence-electron chi connectivity index (χ0n) is 14.7. The average Bonchev–Trinajstić information content (AvgIpc) is 3.07. The maximum atomic E-state index is 12.1. The molecule has 1 aliphatic heterocycles. The highest BCUT2D eigenvalue weighted by Crippen LogP contribution is 2.19. The van der Waals surface area contributed by atoms with Crippen LogP contribution in [0, 0.1) is 6.92 Å². The number of carbonyl (C=O) groups is 1. The number of piperazine rings is 1. The summed E-state index contributed by atoms with van der Waals surface area (Å²) in [6.07, 6.45) is 1.73. The van der Waals surface area contributed by atoms with Gasteiger partial charge in [-0.25, -0.2) is 0 Å². The average molecular weight is 344 g/mol. The van der Waals surface area contributed by atoms with Crippen LogP contribution in [0.2, 0.25) is 0 Å². The molecule has 0 bridgehead atoms. The minimum absolute atomic E-state index is 0.0275. The molecule has 1 fully saturated rings. The number of rotatable bonds is 6. The van der Waals surface area contributed by atoms with Crippen molar-refractivity contribution in [2.24, 2.45) is 0 Å². The third-order valence-electron chi connectivity index (χ3n) is 4.42. The predicted octanol–water partition coefficient (Wildman–Crippen LogP) is 0.768. The number of hydrogen-bond acceptors (Lipinski definition) is 7. The van der Waals surface area contributed by atoms with Crippen LogP contribution in [-0.2, 0) is 11.3 Å². The second kappa shape index (κ2) is 8.17. The lowest BCUT2D eigenvalue weighted by atomic mass is 10.2. The number of hydrogen-bond donors (Lipinski definition) is 1. The molecule has 0 aromatic carbocycles. The largest absolute Gasteiger partial charge is 0.349 e. The molecule has 1 N–H and O–H groups in total. The van der Waals surface area contributed by atoms with E-state index in [-0.39, 0.29) is 11.9 Å². The van der Waals surface area contributed by atoms with Crippen molar-refractivity contribution in [1.29, 1.82) is 0 Å². The molecule has 3 heterocycles. The Morgan fingerprint density at radius 1 is 1.32 bits per heavy atom. The lowest BCUT2D eigenvalue weighted by Crippen LogP contribution is -2.49. The van der Waals surface area contributed by atoms with E-state index in [1.54, 1.807) is 6.20 Å². The van der Waals surface area contributed by atoms with Crippen LogP contribution in [-0.4, -0.2) is 63.6 Å². The first-order valence-corrected chi connectivity index (χ1v) is 8.55. The number of aromatic nitrogens is 3. The van der Waals surface area contributed by atoms with Gasteiger partial charge < -0.3 is 9.84 Å². The molecule has 3 rings (SSSR count). The van der Waals surface area contributed by atoms with Crippen molar-refractivity contribution >= 4 is 5.91 Å². The van der Waals surface area contributed by atoms with Crippen molar-refractivity contribution in [2.45, 2.75) is 26.4 Å². The van der Waals surface area contributed by atoms with Crippen LogP contribution in [0.25, 0.3) is 0 Å². The number of nitrogens with zero attached hydrogens (tertiary/aromatic N) is 5. The lowest BCUT2D eigenvalue weighted by molar-refractivity contribution is -0.122. The second-order valence-corrected chi connectivity index (χ2v) is 6.27. The van der Waals surface area contributed by atoms with Crippen molar-refractivity contribution in [3.63, 3.8) is 0 Å². The Kier molecular flexibility index (Phi) is 5.72. The van der Waals surface area contributed by atoms with E-state index in [4.69, 9.17) is 4.52 Å². The van der Waals surface area contributed by atoms with E-state index < -0.39 is 0 Å². The van der Waals surface area contributed by atoms with Crippen LogP contribution in [0.15, 0.2) is 28.9 Å². The first kappa shape index (κ1) is 17.5. The fourth-order valence-electron chi connectivity index (χ4n) is 2.90. The van der Waals surface area contributed by atoms with E-state index in [0.717, 1.165) is 31.9 Å². The summed E-state index contributed by atoms with van der Waals surface area (Å²) in [7, 11) is 0. The molecule has 2 aromatic heterocycles. The minimum Gasteiger partial charge on any atom is -0.349 e. The Hall–Kier alpha value is -2.32. The van der Waals surface area contributed by atoms with E-state index in [1.165, 1.54) is 0 Å². The third kappa shape index (κ3) is 4.83. The van der Waals surface area contributed by atoms with Gasteiger partial charge in [0.2, 0.25) is 11.8 Å². The molecule has 8 heteroatoms. The summed E-state index contributed by atoms with van der Waals surface area (Å²) in [5, 5.41) is 6.77. The smallest absolute Gasteiger partial charge is 0.243 e. The molecular formula is C17H24N6O2. The van der Waals surface area contributed by atoms with Crippen molar-refractivity contribution in [2.75, 3.05) is 32.7 Å². The molecule has 1 saturated heterocycles. The van der Waals surface area contributed by atoms with E-state index in [1.807, 2.05) is 25.1 Å². The number of pyridine rings is 1. The molecular weight excluding hydrogens is 320 g/mol. The Balaban J connectivity index is 1.40. The number of amides is 1. The SMILES string of the molecule is Cc1noc([C@@H](C)N2CCN(CC(=O)NCc3ccccn3)CC2)n1. The number of nitrogens with one attached hydrogen (secondary N) is 1. The van der Waals surface area contributed by atoms with Gasteiger partial charge in [0.05, 0.1) is 24.8 Å². The number of carbonyl (C=O) groups excluding carboxylic acids is 1. The van der Waals surface area contributed by atoms with Gasteiger partial charge in [-0.05, 0) is 26.0 Å². The molecule has 0 radical (unpaired) electrons. The third-order valence-corrected chi connectivity index (χ3v) is 4.42. The minimum atomic E-state index is 0.0275. The fourth-order valence-corrected chi connectivity index (χ4v) is 2.90. The highest BCUT2D eigenvalue weighted by Gasteiger charge is 2.26. The van der Waals surface area contributed by atoms with Gasteiger partial charge in [0.15, 0.2) is 5.82 Å². The van der Waals surface area contributed by atoms with Crippen LogP contribution in [0.3, 0.4) is 0 Å². The quantitative estimate of drug-likeness (QED) is 0.828. The predicted molar refractivity (Wildman–Crippen MR) is 91.5 cm³/mol. The molecule has 0 spiro atoms. The summed E-state index contributed by atoms with van der Waals surface area (Å²) in [5.41, 5.74) is 0.865. The Bertz CT molecular complexity index is 681. The van der Waals surface area contributed by atoms with Crippen molar-refractivity contribution in [3.8, 4) is 0 Å². The topological polar surface area (TPSA) is 87.4 Å². The van der Waals surface area contributed by atoms with Crippen LogP contribution < -0.4 is 5.32 Å². The van der Waals surface area contributed by atoms with E-state index in [0.29, 0.717) is 24.8 Å². The zero-order valence-corrected chi connectivity index (χ0v) is 14.7. The Morgan fingerprint density at radius 3 is 2.76 bits per heavy atom. The van der Waals surface area contributed by atoms with Gasteiger partial charge in [0.25, 0.3) is 0 Å². The van der Waals surface area contributed by atoms with Crippen LogP contribution in [0.4, 0.5) is 0 Å². The fraction of sp³-hybridized carbons (Fsp3) is 0.529. The molecule has 0 aliphatic carbocycles. The summed E-state index contributed by atoms with van der Waals surface area (Å²) >= 11 is 0. The number of aryl methyl sites for hydroxylation is 1. The summed E-state index contributed by atoms with van der Waals surface area (Å²) in [6.45, 7) is 8.19. The second-order valence-electron chi connectivity index (χ2n) is 6.27. The Labute approximate surface area is 147 Å². The van der Waals surface area contributed by atoms with E-state index in [9.17, 15) is 4.79 Å². The van der Waals surface area contributed by atoms with Crippen molar-refractivity contribution in [1.82, 2.24) is 30.2 Å². The van der Waals surface area contributed by atoms with Crippen molar-refractivity contribution < 1.29 is 9.32 Å². The van der Waals surface area contributed by atoms with Gasteiger partial charge >= 0.3 is 0 Å². The molecule has 0 unspecified atom stereocenters. The molecule has 1 atom stereocenters. The first-order chi connectivity index (χ1) is 12.1. The zero-order chi connectivity index (χ0) is 17.6. The van der Waals surface area contributed by atoms with Gasteiger partial charge in [0.1, 0.15) is 0 Å². The summed E-state index contributed by atoms with van der Waals surface area (Å²) < 4.78 is 5.26. The molecule has 1 amide bonds. The summed E-state index contributed by atoms with van der Waals surface area (Å²) in [6, 6.07) is 5.78. The lowest BCUT2D eigenvalue weighted by Gasteiger charge is -2.36. The van der Waals surface area contributed by atoms with Gasteiger partial charge in [-0.2, -0.15) is 4.98 Å². The highest BCUT2D eigenvalue weighted by atomic mass is 16.5. The Morgan fingerprint density at radius 2 is 2.12 bits per heavy atom. The van der Waals surface area contributed by atoms with Gasteiger partial charge in [-0.3, -0.25) is 19.6 Å². The maximum absolute atomic E-state index is 12.1. The maximum Gasteiger partial charge on any atom is 0.243 e. The highest BCUT2D eigenvalue weighted by molar-refractivity contribution is 5.77. The standard InChI is InChI=1S/C17H24N6O2/c1-13(17-20-14(2)21-25-17)23-9-7-22(8-10-23)12-16(24)19-11-15-5-3-4-6-18-15/h3-6,13H,7-12H2,1-2H3,(H,19,24)/t13-/m1/s1. The van der Waals surface area contributed by atoms with Crippen LogP contribution in [0.5, 0.6) is 0 Å². The van der Waals surface area contributed by atoms with E-state index >= 15 is 0 Å². The molecule has 0 saturated carbocycles. The molecule has 25 heavy (non-hydrogen) atoms. The first-order valence-electron chi connectivity index (χ1n) is 8.55. The normalized spacial score (nSPS) is 17.4. The van der Waals surface area contributed by atoms with Gasteiger partial charge in [-0.1, -0.05) is 11.2 Å². The van der Waals surface area contributed by atoms with E-state index in [2.05, 4.69) is 37.2 Å². The monoisotopic (exact) mass is 344 g/mol. The molecule has 1 aliphatic rings. The molecule has 2 aromatic rings. The summed E-state index contributed by atoms with van der Waals surface area (Å²) in [5.74, 6) is 1.34. The van der Waals surface area contributed by atoms with Crippen LogP contribution in [0.1, 0.15) is 30.4 Å². The van der Waals surface area contributed by atoms with Gasteiger partial charge in [-0.15, -0.1) is 0 Å². The van der Waals surface area contributed by atoms with Crippen molar-refractivity contribution in [3.05, 3.63) is 41.8 Å².